The van der Waals surface area contributed by atoms with Crippen LogP contribution in [0.3, 0.4) is 0 Å². The van der Waals surface area contributed by atoms with E-state index in [0.717, 1.165) is 37.8 Å². The lowest BCUT2D eigenvalue weighted by Gasteiger charge is -2.16. The van der Waals surface area contributed by atoms with Crippen molar-refractivity contribution >= 4 is 23.3 Å². The molecule has 0 spiro atoms. The van der Waals surface area contributed by atoms with Crippen LogP contribution in [0.1, 0.15) is 31.7 Å². The van der Waals surface area contributed by atoms with Crippen LogP contribution < -0.4 is 15.5 Å². The predicted octanol–water partition coefficient (Wildman–Crippen LogP) is 1.51. The lowest BCUT2D eigenvalue weighted by molar-refractivity contribution is -0.862. The highest BCUT2D eigenvalue weighted by Crippen LogP contribution is 2.31. The molecule has 0 bridgehead atoms. The van der Waals surface area contributed by atoms with E-state index in [1.807, 2.05) is 4.68 Å². The van der Waals surface area contributed by atoms with Gasteiger partial charge in [0.1, 0.15) is 5.82 Å². The van der Waals surface area contributed by atoms with Gasteiger partial charge in [-0.25, -0.2) is 17.9 Å². The van der Waals surface area contributed by atoms with Gasteiger partial charge in [-0.05, 0) is 25.0 Å². The fourth-order valence-corrected chi connectivity index (χ4v) is 3.47. The summed E-state index contributed by atoms with van der Waals surface area (Å²) in [5.41, 5.74) is -0.452. The maximum absolute atomic E-state index is 13.6. The molecule has 1 aromatic heterocycles. The quantitative estimate of drug-likeness (QED) is 0.606. The number of rotatable bonds is 7. The molecule has 0 aliphatic heterocycles. The molecule has 1 saturated carbocycles. The second-order valence-corrected chi connectivity index (χ2v) is 7.23. The van der Waals surface area contributed by atoms with Gasteiger partial charge in [0.2, 0.25) is 0 Å². The van der Waals surface area contributed by atoms with Crippen molar-refractivity contribution in [2.45, 2.75) is 31.7 Å². The topological polar surface area (TPSA) is 80.5 Å². The van der Waals surface area contributed by atoms with Crippen molar-refractivity contribution in [1.29, 1.82) is 0 Å². The zero-order valence-electron chi connectivity index (χ0n) is 16.0. The molecule has 0 radical (unpaired) electrons. The molecule has 1 fully saturated rings. The predicted molar refractivity (Wildman–Crippen MR) is 99.9 cm³/mol. The van der Waals surface area contributed by atoms with Crippen LogP contribution in [0.4, 0.5) is 24.7 Å². The summed E-state index contributed by atoms with van der Waals surface area (Å²) in [6, 6.07) is 3.68. The Morgan fingerprint density at radius 3 is 2.41 bits per heavy atom. The zero-order chi connectivity index (χ0) is 21.0. The van der Waals surface area contributed by atoms with Gasteiger partial charge < -0.3 is 15.5 Å². The molecule has 1 aliphatic carbocycles. The van der Waals surface area contributed by atoms with Gasteiger partial charge >= 0.3 is 0 Å². The number of amides is 2. The molecule has 1 heterocycles. The van der Waals surface area contributed by atoms with E-state index in [-0.39, 0.29) is 25.0 Å². The van der Waals surface area contributed by atoms with Crippen molar-refractivity contribution in [2.75, 3.05) is 30.8 Å². The van der Waals surface area contributed by atoms with Crippen molar-refractivity contribution in [3.05, 3.63) is 41.8 Å². The number of quaternary nitrogens is 1. The Morgan fingerprint density at radius 1 is 1.07 bits per heavy atom. The summed E-state index contributed by atoms with van der Waals surface area (Å²) in [5.74, 6) is -4.76. The molecule has 0 saturated heterocycles. The molecule has 1 unspecified atom stereocenters. The first-order valence-corrected chi connectivity index (χ1v) is 9.43. The van der Waals surface area contributed by atoms with Crippen molar-refractivity contribution in [3.8, 4) is 0 Å². The molecular formula is C19H23F3N5O2+. The summed E-state index contributed by atoms with van der Waals surface area (Å²) < 4.78 is 41.6. The standard InChI is InChI=1S/C19H22F3N5O2/c1-26(10-16(28)24-14-7-6-13(20)18(21)19(14)22)11-17(29)25-15-8-9-23-27(15)12-4-2-3-5-12/h6-9,12H,2-5,10-11H2,1H3,(H,24,28)(H,25,29)/p+1. The Bertz CT molecular complexity index is 896. The van der Waals surface area contributed by atoms with Gasteiger partial charge in [-0.1, -0.05) is 12.8 Å². The number of hydrogen-bond donors (Lipinski definition) is 3. The van der Waals surface area contributed by atoms with E-state index in [0.29, 0.717) is 10.7 Å². The summed E-state index contributed by atoms with van der Waals surface area (Å²) in [5, 5.41) is 9.27. The van der Waals surface area contributed by atoms with Crippen molar-refractivity contribution in [2.24, 2.45) is 0 Å². The fraction of sp³-hybridized carbons (Fsp3) is 0.421. The molecule has 2 aromatic rings. The highest BCUT2D eigenvalue weighted by molar-refractivity contribution is 5.92. The number of carbonyl (C=O) groups is 2. The first-order valence-electron chi connectivity index (χ1n) is 9.43. The van der Waals surface area contributed by atoms with Crippen LogP contribution in [0.15, 0.2) is 24.4 Å². The second kappa shape index (κ2) is 9.08. The molecule has 1 atom stereocenters. The van der Waals surface area contributed by atoms with Crippen molar-refractivity contribution in [3.63, 3.8) is 0 Å². The van der Waals surface area contributed by atoms with Crippen LogP contribution in [0.25, 0.3) is 0 Å². The number of aromatic nitrogens is 2. The Balaban J connectivity index is 1.51. The second-order valence-electron chi connectivity index (χ2n) is 7.23. The number of anilines is 2. The maximum atomic E-state index is 13.6. The third-order valence-electron chi connectivity index (χ3n) is 4.84. The fourth-order valence-electron chi connectivity index (χ4n) is 3.47. The van der Waals surface area contributed by atoms with Crippen LogP contribution in [-0.4, -0.2) is 41.7 Å². The Kier molecular flexibility index (Phi) is 6.53. The Morgan fingerprint density at radius 2 is 1.72 bits per heavy atom. The normalized spacial score (nSPS) is 15.3. The van der Waals surface area contributed by atoms with Crippen molar-refractivity contribution < 1.29 is 27.7 Å². The van der Waals surface area contributed by atoms with E-state index < -0.39 is 29.0 Å². The monoisotopic (exact) mass is 410 g/mol. The van der Waals surface area contributed by atoms with E-state index in [1.54, 1.807) is 19.3 Å². The van der Waals surface area contributed by atoms with E-state index in [1.165, 1.54) is 0 Å². The number of halogens is 3. The van der Waals surface area contributed by atoms with Crippen LogP contribution in [0.2, 0.25) is 0 Å². The summed E-state index contributed by atoms with van der Waals surface area (Å²) in [7, 11) is 1.62. The molecule has 156 valence electrons. The maximum Gasteiger partial charge on any atom is 0.280 e. The summed E-state index contributed by atoms with van der Waals surface area (Å²) in [6.07, 6.45) is 5.96. The third-order valence-corrected chi connectivity index (χ3v) is 4.84. The molecule has 1 aliphatic rings. The number of likely N-dealkylation sites (N-methyl/N-ethyl adjacent to an activating group) is 1. The number of hydrogen-bond acceptors (Lipinski definition) is 3. The van der Waals surface area contributed by atoms with E-state index in [9.17, 15) is 22.8 Å². The molecule has 7 nitrogen and oxygen atoms in total. The van der Waals surface area contributed by atoms with Gasteiger partial charge in [0.15, 0.2) is 30.5 Å². The van der Waals surface area contributed by atoms with Gasteiger partial charge in [-0.3, -0.25) is 9.59 Å². The van der Waals surface area contributed by atoms with Crippen LogP contribution in [0.5, 0.6) is 0 Å². The summed E-state index contributed by atoms with van der Waals surface area (Å²) in [6.45, 7) is -0.169. The SMILES string of the molecule is C[NH+](CC(=O)Nc1ccc(F)c(F)c1F)CC(=O)Nc1ccnn1C1CCCC1. The molecule has 1 aromatic carbocycles. The number of carbonyl (C=O) groups excluding carboxylic acids is 2. The molecule has 2 amide bonds. The lowest BCUT2D eigenvalue weighted by Crippen LogP contribution is -3.11. The molecular weight excluding hydrogens is 387 g/mol. The molecule has 3 N–H and O–H groups in total. The lowest BCUT2D eigenvalue weighted by atomic mass is 10.2. The minimum Gasteiger partial charge on any atom is -0.322 e. The zero-order valence-corrected chi connectivity index (χ0v) is 16.0. The van der Waals surface area contributed by atoms with E-state index >= 15 is 0 Å². The average Bonchev–Trinajstić information content (AvgIpc) is 3.33. The number of nitrogens with one attached hydrogen (secondary N) is 3. The van der Waals surface area contributed by atoms with E-state index in [2.05, 4.69) is 15.7 Å². The van der Waals surface area contributed by atoms with Gasteiger partial charge in [-0.2, -0.15) is 5.10 Å². The average molecular weight is 410 g/mol. The van der Waals surface area contributed by atoms with Gasteiger partial charge in [0.05, 0.1) is 25.0 Å². The van der Waals surface area contributed by atoms with Gasteiger partial charge in [-0.15, -0.1) is 0 Å². The van der Waals surface area contributed by atoms with Crippen LogP contribution in [-0.2, 0) is 9.59 Å². The Hall–Kier alpha value is -2.88. The van der Waals surface area contributed by atoms with Gasteiger partial charge in [0.25, 0.3) is 11.8 Å². The van der Waals surface area contributed by atoms with Gasteiger partial charge in [0, 0.05) is 6.07 Å². The largest absolute Gasteiger partial charge is 0.322 e. The Labute approximate surface area is 165 Å². The third kappa shape index (κ3) is 5.14. The first kappa shape index (κ1) is 20.8. The molecule has 10 heteroatoms. The highest BCUT2D eigenvalue weighted by Gasteiger charge is 2.22. The number of benzene rings is 1. The van der Waals surface area contributed by atoms with E-state index in [4.69, 9.17) is 0 Å². The van der Waals surface area contributed by atoms with Crippen LogP contribution in [0, 0.1) is 17.5 Å². The summed E-state index contributed by atoms with van der Waals surface area (Å²) >= 11 is 0. The number of nitrogens with zero attached hydrogens (tertiary/aromatic N) is 2. The minimum absolute atomic E-state index is 0.0104. The highest BCUT2D eigenvalue weighted by atomic mass is 19.2. The molecule has 3 rings (SSSR count). The first-order chi connectivity index (χ1) is 13.8. The van der Waals surface area contributed by atoms with Crippen molar-refractivity contribution in [1.82, 2.24) is 9.78 Å². The molecule has 29 heavy (non-hydrogen) atoms. The van der Waals surface area contributed by atoms with Crippen LogP contribution >= 0.6 is 0 Å². The summed E-state index contributed by atoms with van der Waals surface area (Å²) in [4.78, 5) is 24.9. The minimum atomic E-state index is -1.65. The smallest absolute Gasteiger partial charge is 0.280 e.